The van der Waals surface area contributed by atoms with Crippen molar-refractivity contribution in [3.05, 3.63) is 40.9 Å². The molecular weight excluding hydrogens is 364 g/mol. The fraction of sp³-hybridized carbons (Fsp3) is 0.500. The Bertz CT molecular complexity index is 845. The van der Waals surface area contributed by atoms with Gasteiger partial charge in [-0.05, 0) is 43.5 Å². The molecule has 1 aliphatic heterocycles. The summed E-state index contributed by atoms with van der Waals surface area (Å²) >= 11 is 6.00. The number of ether oxygens (including phenoxy) is 1. The molecule has 0 unspecified atom stereocenters. The molecule has 9 heteroatoms. The molecule has 2 aromatic rings. The number of methoxy groups -OCH3 is 1. The number of benzene rings is 1. The van der Waals surface area contributed by atoms with Gasteiger partial charge >= 0.3 is 0 Å². The predicted octanol–water partition coefficient (Wildman–Crippen LogP) is 2.41. The highest BCUT2D eigenvalue weighted by atomic mass is 35.5. The number of rotatable bonds is 5. The topological polar surface area (TPSA) is 77.3 Å². The van der Waals surface area contributed by atoms with Crippen LogP contribution in [-0.2, 0) is 21.4 Å². The Labute approximate surface area is 152 Å². The molecular formula is C16H21ClN4O3S. The van der Waals surface area contributed by atoms with E-state index in [0.29, 0.717) is 37.6 Å². The molecule has 0 atom stereocenters. The van der Waals surface area contributed by atoms with Crippen molar-refractivity contribution in [3.63, 3.8) is 0 Å². The molecule has 0 amide bonds. The van der Waals surface area contributed by atoms with Gasteiger partial charge in [-0.2, -0.15) is 4.31 Å². The van der Waals surface area contributed by atoms with Gasteiger partial charge in [0.15, 0.2) is 5.82 Å². The van der Waals surface area contributed by atoms with Crippen molar-refractivity contribution in [3.8, 4) is 0 Å². The van der Waals surface area contributed by atoms with Crippen LogP contribution in [0.15, 0.2) is 29.4 Å². The summed E-state index contributed by atoms with van der Waals surface area (Å²) in [4.78, 5) is 0.289. The molecule has 0 bridgehead atoms. The lowest BCUT2D eigenvalue weighted by Crippen LogP contribution is -2.39. The summed E-state index contributed by atoms with van der Waals surface area (Å²) in [5.74, 6) is 0.761. The maximum absolute atomic E-state index is 12.8. The number of halogens is 1. The van der Waals surface area contributed by atoms with Crippen LogP contribution in [0.3, 0.4) is 0 Å². The summed E-state index contributed by atoms with van der Waals surface area (Å²) < 4.78 is 34.3. The highest BCUT2D eigenvalue weighted by Crippen LogP contribution is 2.28. The van der Waals surface area contributed by atoms with Gasteiger partial charge in [0, 0.05) is 31.3 Å². The van der Waals surface area contributed by atoms with Crippen LogP contribution in [0.1, 0.15) is 30.3 Å². The smallest absolute Gasteiger partial charge is 0.243 e. The fourth-order valence-corrected chi connectivity index (χ4v) is 4.76. The SMILES string of the molecule is COCc1nncn1C1CCN(S(=O)(=O)c2ccc(Cl)c(C)c2)CC1. The normalized spacial score (nSPS) is 17.1. The van der Waals surface area contributed by atoms with Gasteiger partial charge in [0.05, 0.1) is 4.90 Å². The van der Waals surface area contributed by atoms with Gasteiger partial charge in [-0.3, -0.25) is 0 Å². The Morgan fingerprint density at radius 2 is 2.04 bits per heavy atom. The van der Waals surface area contributed by atoms with E-state index < -0.39 is 10.0 Å². The molecule has 0 spiro atoms. The Kier molecular flexibility index (Phi) is 5.43. The maximum atomic E-state index is 12.8. The van der Waals surface area contributed by atoms with Gasteiger partial charge in [-0.25, -0.2) is 8.42 Å². The van der Waals surface area contributed by atoms with Crippen molar-refractivity contribution in [2.45, 2.75) is 37.3 Å². The van der Waals surface area contributed by atoms with E-state index in [1.807, 2.05) is 4.57 Å². The zero-order valence-electron chi connectivity index (χ0n) is 14.2. The first-order valence-electron chi connectivity index (χ1n) is 8.07. The van der Waals surface area contributed by atoms with Crippen LogP contribution in [0.2, 0.25) is 5.02 Å². The van der Waals surface area contributed by atoms with E-state index in [1.165, 1.54) is 4.31 Å². The third-order valence-corrected chi connectivity index (χ3v) is 6.82. The molecule has 0 N–H and O–H groups in total. The molecule has 3 rings (SSSR count). The molecule has 2 heterocycles. The first-order valence-corrected chi connectivity index (χ1v) is 9.89. The molecule has 1 aromatic carbocycles. The quantitative estimate of drug-likeness (QED) is 0.791. The average Bonchev–Trinajstić information content (AvgIpc) is 3.06. The van der Waals surface area contributed by atoms with Crippen molar-refractivity contribution in [2.75, 3.05) is 20.2 Å². The van der Waals surface area contributed by atoms with Gasteiger partial charge in [0.1, 0.15) is 12.9 Å². The zero-order chi connectivity index (χ0) is 18.0. The highest BCUT2D eigenvalue weighted by molar-refractivity contribution is 7.89. The number of aryl methyl sites for hydroxylation is 1. The predicted molar refractivity (Wildman–Crippen MR) is 94.0 cm³/mol. The van der Waals surface area contributed by atoms with Crippen molar-refractivity contribution in [1.29, 1.82) is 0 Å². The monoisotopic (exact) mass is 384 g/mol. The van der Waals surface area contributed by atoms with Gasteiger partial charge in [0.2, 0.25) is 10.0 Å². The third-order valence-electron chi connectivity index (χ3n) is 4.50. The lowest BCUT2D eigenvalue weighted by Gasteiger charge is -2.32. The summed E-state index contributed by atoms with van der Waals surface area (Å²) in [5.41, 5.74) is 0.756. The van der Waals surface area contributed by atoms with Crippen molar-refractivity contribution in [2.24, 2.45) is 0 Å². The lowest BCUT2D eigenvalue weighted by atomic mass is 10.1. The second-order valence-electron chi connectivity index (χ2n) is 6.13. The molecule has 0 aliphatic carbocycles. The van der Waals surface area contributed by atoms with Crippen LogP contribution < -0.4 is 0 Å². The fourth-order valence-electron chi connectivity index (χ4n) is 3.09. The zero-order valence-corrected chi connectivity index (χ0v) is 15.8. The molecule has 0 saturated carbocycles. The number of hydrogen-bond acceptors (Lipinski definition) is 5. The van der Waals surface area contributed by atoms with Crippen molar-refractivity contribution >= 4 is 21.6 Å². The van der Waals surface area contributed by atoms with Gasteiger partial charge in [-0.1, -0.05) is 11.6 Å². The van der Waals surface area contributed by atoms with Crippen LogP contribution >= 0.6 is 11.6 Å². The molecule has 1 saturated heterocycles. The second-order valence-corrected chi connectivity index (χ2v) is 8.48. The Morgan fingerprint density at radius 1 is 1.32 bits per heavy atom. The van der Waals surface area contributed by atoms with Gasteiger partial charge < -0.3 is 9.30 Å². The molecule has 0 radical (unpaired) electrons. The number of aromatic nitrogens is 3. The van der Waals surface area contributed by atoms with E-state index in [9.17, 15) is 8.42 Å². The Hall–Kier alpha value is -1.48. The molecule has 1 aliphatic rings. The number of piperidine rings is 1. The average molecular weight is 385 g/mol. The summed E-state index contributed by atoms with van der Waals surface area (Å²) in [6.07, 6.45) is 3.10. The standard InChI is InChI=1S/C16H21ClN4O3S/c1-12-9-14(3-4-15(12)17)25(22,23)20-7-5-13(6-8-20)21-11-18-19-16(21)10-24-2/h3-4,9,11,13H,5-8,10H2,1-2H3. The highest BCUT2D eigenvalue weighted by Gasteiger charge is 2.31. The van der Waals surface area contributed by atoms with Crippen LogP contribution in [0.25, 0.3) is 0 Å². The second kappa shape index (κ2) is 7.41. The first kappa shape index (κ1) is 18.3. The summed E-state index contributed by atoms with van der Waals surface area (Å²) in [6, 6.07) is 5.00. The molecule has 1 fully saturated rings. The van der Waals surface area contributed by atoms with E-state index in [2.05, 4.69) is 10.2 Å². The first-order chi connectivity index (χ1) is 11.9. The van der Waals surface area contributed by atoms with Gasteiger partial charge in [-0.15, -0.1) is 10.2 Å². The van der Waals surface area contributed by atoms with Crippen LogP contribution in [0, 0.1) is 6.92 Å². The van der Waals surface area contributed by atoms with E-state index in [1.54, 1.807) is 38.6 Å². The third kappa shape index (κ3) is 3.72. The largest absolute Gasteiger partial charge is 0.377 e. The van der Waals surface area contributed by atoms with E-state index in [0.717, 1.165) is 11.4 Å². The van der Waals surface area contributed by atoms with E-state index in [4.69, 9.17) is 16.3 Å². The lowest BCUT2D eigenvalue weighted by molar-refractivity contribution is 0.167. The van der Waals surface area contributed by atoms with Crippen LogP contribution in [0.4, 0.5) is 0 Å². The summed E-state index contributed by atoms with van der Waals surface area (Å²) in [5, 5.41) is 8.56. The van der Waals surface area contributed by atoms with Crippen molar-refractivity contribution in [1.82, 2.24) is 19.1 Å². The summed E-state index contributed by atoms with van der Waals surface area (Å²) in [7, 11) is -1.89. The molecule has 136 valence electrons. The minimum Gasteiger partial charge on any atom is -0.377 e. The number of hydrogen-bond donors (Lipinski definition) is 0. The molecule has 1 aromatic heterocycles. The molecule has 7 nitrogen and oxygen atoms in total. The minimum absolute atomic E-state index is 0.179. The Morgan fingerprint density at radius 3 is 2.68 bits per heavy atom. The van der Waals surface area contributed by atoms with E-state index >= 15 is 0 Å². The van der Waals surface area contributed by atoms with Crippen molar-refractivity contribution < 1.29 is 13.2 Å². The van der Waals surface area contributed by atoms with Gasteiger partial charge in [0.25, 0.3) is 0 Å². The molecule has 25 heavy (non-hydrogen) atoms. The van der Waals surface area contributed by atoms with E-state index in [-0.39, 0.29) is 10.9 Å². The number of sulfonamides is 1. The summed E-state index contributed by atoms with van der Waals surface area (Å²) in [6.45, 7) is 3.11. The van der Waals surface area contributed by atoms with Crippen LogP contribution in [0.5, 0.6) is 0 Å². The number of nitrogens with zero attached hydrogens (tertiary/aromatic N) is 4. The minimum atomic E-state index is -3.50. The Balaban J connectivity index is 1.73. The van der Waals surface area contributed by atoms with Crippen LogP contribution in [-0.4, -0.2) is 47.7 Å². The maximum Gasteiger partial charge on any atom is 0.243 e.